The average Bonchev–Trinajstić information content (AvgIpc) is 2.66. The number of sulfonamides is 1. The van der Waals surface area contributed by atoms with Crippen LogP contribution in [-0.4, -0.2) is 34.2 Å². The van der Waals surface area contributed by atoms with Crippen LogP contribution in [0.4, 0.5) is 5.69 Å². The maximum absolute atomic E-state index is 12.8. The smallest absolute Gasteiger partial charge is 0.241 e. The van der Waals surface area contributed by atoms with E-state index in [4.69, 9.17) is 16.3 Å². The van der Waals surface area contributed by atoms with Crippen LogP contribution in [0.3, 0.4) is 0 Å². The van der Waals surface area contributed by atoms with Gasteiger partial charge in [-0.3, -0.25) is 9.10 Å². The van der Waals surface area contributed by atoms with Crippen LogP contribution in [-0.2, 0) is 14.8 Å². The number of carbonyl (C=O) groups is 1. The summed E-state index contributed by atoms with van der Waals surface area (Å²) in [4.78, 5) is 12.8. The van der Waals surface area contributed by atoms with Crippen molar-refractivity contribution in [2.45, 2.75) is 46.6 Å². The topological polar surface area (TPSA) is 75.7 Å². The fourth-order valence-electron chi connectivity index (χ4n) is 3.54. The quantitative estimate of drug-likeness (QED) is 0.610. The number of amides is 1. The van der Waals surface area contributed by atoms with Gasteiger partial charge in [0.15, 0.2) is 0 Å². The highest BCUT2D eigenvalue weighted by Gasteiger charge is 2.24. The molecule has 0 aliphatic heterocycles. The summed E-state index contributed by atoms with van der Waals surface area (Å²) in [6, 6.07) is 8.66. The van der Waals surface area contributed by atoms with Gasteiger partial charge in [0.1, 0.15) is 12.3 Å². The number of benzene rings is 2. The van der Waals surface area contributed by atoms with E-state index in [1.165, 1.54) is 0 Å². The lowest BCUT2D eigenvalue weighted by molar-refractivity contribution is -0.120. The number of halogens is 1. The molecule has 0 spiro atoms. The molecule has 0 radical (unpaired) electrons. The number of hydrogen-bond donors (Lipinski definition) is 1. The zero-order chi connectivity index (χ0) is 23.5. The second-order valence-corrected chi connectivity index (χ2v) is 10.4. The third kappa shape index (κ3) is 6.14. The van der Waals surface area contributed by atoms with Gasteiger partial charge in [0, 0.05) is 5.02 Å². The first-order valence-electron chi connectivity index (χ1n) is 10.1. The monoisotopic (exact) mass is 466 g/mol. The molecule has 0 aliphatic rings. The zero-order valence-corrected chi connectivity index (χ0v) is 20.7. The Morgan fingerprint density at radius 1 is 1.10 bits per heavy atom. The third-order valence-electron chi connectivity index (χ3n) is 5.21. The van der Waals surface area contributed by atoms with Crippen LogP contribution < -0.4 is 14.4 Å². The van der Waals surface area contributed by atoms with Crippen molar-refractivity contribution in [3.8, 4) is 5.75 Å². The molecule has 2 aromatic carbocycles. The molecule has 0 aliphatic carbocycles. The molecule has 8 heteroatoms. The number of nitrogens with one attached hydrogen (secondary N) is 1. The number of nitrogens with zero attached hydrogens (tertiary/aromatic N) is 1. The molecule has 170 valence electrons. The fourth-order valence-corrected chi connectivity index (χ4v) is 4.61. The van der Waals surface area contributed by atoms with Crippen molar-refractivity contribution in [3.63, 3.8) is 0 Å². The lowest BCUT2D eigenvalue weighted by Crippen LogP contribution is -2.41. The fraction of sp³-hybridized carbons (Fsp3) is 0.435. The van der Waals surface area contributed by atoms with Crippen LogP contribution in [0.2, 0.25) is 5.02 Å². The number of rotatable bonds is 8. The molecule has 0 aromatic heterocycles. The molecule has 1 amide bonds. The second kappa shape index (κ2) is 9.92. The van der Waals surface area contributed by atoms with Gasteiger partial charge in [-0.15, -0.1) is 0 Å². The minimum Gasteiger partial charge on any atom is -0.496 e. The first kappa shape index (κ1) is 25.0. The summed E-state index contributed by atoms with van der Waals surface area (Å²) in [7, 11) is -2.05. The van der Waals surface area contributed by atoms with E-state index in [0.717, 1.165) is 33.0 Å². The van der Waals surface area contributed by atoms with Crippen molar-refractivity contribution < 1.29 is 17.9 Å². The van der Waals surface area contributed by atoms with E-state index in [2.05, 4.69) is 19.2 Å². The lowest BCUT2D eigenvalue weighted by Gasteiger charge is -2.25. The third-order valence-corrected chi connectivity index (χ3v) is 6.57. The summed E-state index contributed by atoms with van der Waals surface area (Å²) in [5, 5.41) is 3.33. The largest absolute Gasteiger partial charge is 0.496 e. The first-order chi connectivity index (χ1) is 14.3. The van der Waals surface area contributed by atoms with Gasteiger partial charge in [-0.25, -0.2) is 8.42 Å². The molecule has 0 heterocycles. The van der Waals surface area contributed by atoms with Crippen molar-refractivity contribution in [2.75, 3.05) is 24.2 Å². The summed E-state index contributed by atoms with van der Waals surface area (Å²) in [6.07, 6.45) is 1.08. The normalized spacial score (nSPS) is 12.5. The SMILES string of the molecule is COc1cc(C)c([C@@H](C)NC(=O)CN(c2cc(Cl)ccc2C)S(C)(=O)=O)cc1C(C)C. The molecule has 0 saturated heterocycles. The summed E-state index contributed by atoms with van der Waals surface area (Å²) in [6.45, 7) is 9.44. The molecule has 0 unspecified atom stereocenters. The lowest BCUT2D eigenvalue weighted by atomic mass is 9.93. The van der Waals surface area contributed by atoms with Crippen LogP contribution >= 0.6 is 11.6 Å². The average molecular weight is 467 g/mol. The Morgan fingerprint density at radius 2 is 1.74 bits per heavy atom. The van der Waals surface area contributed by atoms with Gasteiger partial charge in [-0.05, 0) is 73.2 Å². The Morgan fingerprint density at radius 3 is 2.29 bits per heavy atom. The van der Waals surface area contributed by atoms with Crippen molar-refractivity contribution in [1.29, 1.82) is 0 Å². The van der Waals surface area contributed by atoms with E-state index in [0.29, 0.717) is 16.3 Å². The van der Waals surface area contributed by atoms with E-state index in [1.807, 2.05) is 26.0 Å². The summed E-state index contributed by atoms with van der Waals surface area (Å²) in [5.74, 6) is 0.664. The molecular formula is C23H31ClN2O4S. The first-order valence-corrected chi connectivity index (χ1v) is 12.3. The predicted octanol–water partition coefficient (Wildman–Crippen LogP) is 4.73. The highest BCUT2D eigenvalue weighted by molar-refractivity contribution is 7.92. The highest BCUT2D eigenvalue weighted by atomic mass is 35.5. The van der Waals surface area contributed by atoms with E-state index in [-0.39, 0.29) is 18.5 Å². The van der Waals surface area contributed by atoms with Crippen LogP contribution in [0.15, 0.2) is 30.3 Å². The minimum atomic E-state index is -3.69. The molecule has 0 saturated carbocycles. The highest BCUT2D eigenvalue weighted by Crippen LogP contribution is 2.32. The number of hydrogen-bond acceptors (Lipinski definition) is 4. The number of anilines is 1. The van der Waals surface area contributed by atoms with Gasteiger partial charge in [-0.2, -0.15) is 0 Å². The maximum Gasteiger partial charge on any atom is 0.241 e. The van der Waals surface area contributed by atoms with Crippen molar-refractivity contribution in [3.05, 3.63) is 57.6 Å². The van der Waals surface area contributed by atoms with E-state index in [1.54, 1.807) is 32.2 Å². The Hall–Kier alpha value is -2.25. The number of aryl methyl sites for hydroxylation is 2. The standard InChI is InChI=1S/C23H31ClN2O4S/c1-14(2)19-12-20(16(4)10-22(19)30-6)17(5)25-23(27)13-26(31(7,28)29)21-11-18(24)9-8-15(21)3/h8-12,14,17H,13H2,1-7H3,(H,25,27)/t17-/m1/s1. The summed E-state index contributed by atoms with van der Waals surface area (Å²) >= 11 is 6.06. The van der Waals surface area contributed by atoms with Gasteiger partial charge in [0.2, 0.25) is 15.9 Å². The number of ether oxygens (including phenoxy) is 1. The molecule has 0 bridgehead atoms. The number of carbonyl (C=O) groups excluding carboxylic acids is 1. The summed E-state index contributed by atoms with van der Waals surface area (Å²) in [5.41, 5.74) is 4.10. The molecule has 0 fully saturated rings. The van der Waals surface area contributed by atoms with Gasteiger partial charge in [0.05, 0.1) is 25.1 Å². The van der Waals surface area contributed by atoms with E-state index in [9.17, 15) is 13.2 Å². The Kier molecular flexibility index (Phi) is 8.00. The van der Waals surface area contributed by atoms with Crippen LogP contribution in [0.1, 0.15) is 55.0 Å². The molecule has 1 N–H and O–H groups in total. The molecule has 2 aromatic rings. The summed E-state index contributed by atoms with van der Waals surface area (Å²) < 4.78 is 31.4. The zero-order valence-electron chi connectivity index (χ0n) is 19.1. The van der Waals surface area contributed by atoms with Crippen LogP contribution in [0.25, 0.3) is 0 Å². The Bertz CT molecular complexity index is 1070. The van der Waals surface area contributed by atoms with Gasteiger partial charge in [0.25, 0.3) is 0 Å². The van der Waals surface area contributed by atoms with Gasteiger partial charge >= 0.3 is 0 Å². The molecule has 2 rings (SSSR count). The number of methoxy groups -OCH3 is 1. The predicted molar refractivity (Wildman–Crippen MR) is 127 cm³/mol. The van der Waals surface area contributed by atoms with Crippen LogP contribution in [0.5, 0.6) is 5.75 Å². The Balaban J connectivity index is 2.29. The van der Waals surface area contributed by atoms with Crippen molar-refractivity contribution >= 4 is 33.2 Å². The van der Waals surface area contributed by atoms with E-state index >= 15 is 0 Å². The molecule has 6 nitrogen and oxygen atoms in total. The maximum atomic E-state index is 12.8. The second-order valence-electron chi connectivity index (χ2n) is 8.10. The molecule has 31 heavy (non-hydrogen) atoms. The molecule has 1 atom stereocenters. The molecular weight excluding hydrogens is 436 g/mol. The van der Waals surface area contributed by atoms with Crippen LogP contribution in [0, 0.1) is 13.8 Å². The van der Waals surface area contributed by atoms with Gasteiger partial charge < -0.3 is 10.1 Å². The van der Waals surface area contributed by atoms with Crippen molar-refractivity contribution in [2.24, 2.45) is 0 Å². The van der Waals surface area contributed by atoms with Gasteiger partial charge in [-0.1, -0.05) is 31.5 Å². The van der Waals surface area contributed by atoms with E-state index < -0.39 is 15.9 Å². The minimum absolute atomic E-state index is 0.253. The van der Waals surface area contributed by atoms with Crippen molar-refractivity contribution in [1.82, 2.24) is 5.32 Å². The Labute approximate surface area is 190 Å².